The average molecular weight is 216 g/mol. The van der Waals surface area contributed by atoms with Crippen LogP contribution in [0.5, 0.6) is 0 Å². The van der Waals surface area contributed by atoms with E-state index in [1.807, 2.05) is 37.3 Å². The number of benzene rings is 1. The zero-order valence-electron chi connectivity index (χ0n) is 9.01. The summed E-state index contributed by atoms with van der Waals surface area (Å²) < 4.78 is 0. The fourth-order valence-corrected chi connectivity index (χ4v) is 1.48. The Morgan fingerprint density at radius 3 is 2.44 bits per heavy atom. The van der Waals surface area contributed by atoms with Crippen molar-refractivity contribution in [2.45, 2.75) is 18.9 Å². The van der Waals surface area contributed by atoms with Crippen molar-refractivity contribution in [1.82, 2.24) is 0 Å². The Labute approximate surface area is 93.7 Å². The Morgan fingerprint density at radius 1 is 1.19 bits per heavy atom. The van der Waals surface area contributed by atoms with Crippen LogP contribution in [-0.4, -0.2) is 18.7 Å². The topological polar surface area (TPSA) is 58.9 Å². The molecule has 0 saturated heterocycles. The quantitative estimate of drug-likeness (QED) is 0.558. The lowest BCUT2D eigenvalue weighted by Gasteiger charge is -2.22. The standard InChI is InChI=1S/C12H12N2O2/c1-12(14-10-16,7-8-13-9-15)11-5-3-2-4-6-11/h2-6H,7-8H2,1H3. The SMILES string of the molecule is CC(CCN=C=O)(N=C=O)c1ccccc1. The highest BCUT2D eigenvalue weighted by molar-refractivity contribution is 5.38. The van der Waals surface area contributed by atoms with Crippen molar-refractivity contribution in [2.75, 3.05) is 6.54 Å². The third-order valence-corrected chi connectivity index (χ3v) is 2.46. The van der Waals surface area contributed by atoms with E-state index in [1.165, 1.54) is 6.08 Å². The van der Waals surface area contributed by atoms with E-state index in [0.29, 0.717) is 13.0 Å². The first kappa shape index (κ1) is 12.1. The Balaban J connectivity index is 2.96. The van der Waals surface area contributed by atoms with Crippen molar-refractivity contribution in [3.8, 4) is 0 Å². The summed E-state index contributed by atoms with van der Waals surface area (Å²) in [6.45, 7) is 2.10. The van der Waals surface area contributed by atoms with Crippen molar-refractivity contribution >= 4 is 12.2 Å². The van der Waals surface area contributed by atoms with Crippen molar-refractivity contribution in [3.05, 3.63) is 35.9 Å². The third kappa shape index (κ3) is 2.99. The second kappa shape index (κ2) is 5.76. The van der Waals surface area contributed by atoms with Gasteiger partial charge in [-0.15, -0.1) is 0 Å². The fourth-order valence-electron chi connectivity index (χ4n) is 1.48. The van der Waals surface area contributed by atoms with Crippen molar-refractivity contribution < 1.29 is 9.59 Å². The molecule has 0 N–H and O–H groups in total. The lowest BCUT2D eigenvalue weighted by Crippen LogP contribution is -2.20. The molecular weight excluding hydrogens is 204 g/mol. The summed E-state index contributed by atoms with van der Waals surface area (Å²) in [6.07, 6.45) is 3.51. The number of rotatable bonds is 5. The maximum absolute atomic E-state index is 10.4. The number of isocyanates is 2. The van der Waals surface area contributed by atoms with E-state index in [9.17, 15) is 9.59 Å². The van der Waals surface area contributed by atoms with Gasteiger partial charge in [-0.25, -0.2) is 14.6 Å². The molecule has 0 fully saturated rings. The minimum Gasteiger partial charge on any atom is -0.211 e. The van der Waals surface area contributed by atoms with Crippen LogP contribution in [0.2, 0.25) is 0 Å². The van der Waals surface area contributed by atoms with Gasteiger partial charge in [0.05, 0.1) is 12.1 Å². The Hall–Kier alpha value is -2.02. The first-order valence-electron chi connectivity index (χ1n) is 4.91. The highest BCUT2D eigenvalue weighted by Crippen LogP contribution is 2.28. The lowest BCUT2D eigenvalue weighted by atomic mass is 9.89. The molecule has 82 valence electrons. The predicted molar refractivity (Wildman–Crippen MR) is 59.5 cm³/mol. The van der Waals surface area contributed by atoms with Crippen LogP contribution < -0.4 is 0 Å². The van der Waals surface area contributed by atoms with Gasteiger partial charge in [-0.3, -0.25) is 0 Å². The lowest BCUT2D eigenvalue weighted by molar-refractivity contribution is 0.454. The molecule has 0 heterocycles. The molecule has 0 spiro atoms. The summed E-state index contributed by atoms with van der Waals surface area (Å²) in [6, 6.07) is 9.39. The molecule has 4 nitrogen and oxygen atoms in total. The van der Waals surface area contributed by atoms with E-state index < -0.39 is 5.54 Å². The molecule has 1 atom stereocenters. The first-order chi connectivity index (χ1) is 7.73. The molecule has 1 aromatic rings. The molecule has 16 heavy (non-hydrogen) atoms. The van der Waals surface area contributed by atoms with Crippen molar-refractivity contribution in [1.29, 1.82) is 0 Å². The van der Waals surface area contributed by atoms with Crippen LogP contribution in [0.3, 0.4) is 0 Å². The van der Waals surface area contributed by atoms with Crippen LogP contribution in [-0.2, 0) is 15.1 Å². The minimum atomic E-state index is -0.677. The highest BCUT2D eigenvalue weighted by Gasteiger charge is 2.25. The first-order valence-corrected chi connectivity index (χ1v) is 4.91. The average Bonchev–Trinajstić information content (AvgIpc) is 2.31. The summed E-state index contributed by atoms with van der Waals surface area (Å²) in [5.41, 5.74) is 0.225. The second-order valence-electron chi connectivity index (χ2n) is 3.57. The van der Waals surface area contributed by atoms with Gasteiger partial charge in [-0.05, 0) is 18.9 Å². The van der Waals surface area contributed by atoms with E-state index in [0.717, 1.165) is 5.56 Å². The molecule has 0 aliphatic carbocycles. The number of carbonyl (C=O) groups excluding carboxylic acids is 2. The zero-order chi connectivity index (χ0) is 11.9. The molecule has 1 aromatic carbocycles. The fraction of sp³-hybridized carbons (Fsp3) is 0.333. The molecule has 0 aliphatic rings. The number of aliphatic imine (C=N–C) groups is 2. The van der Waals surface area contributed by atoms with E-state index >= 15 is 0 Å². The van der Waals surface area contributed by atoms with Crippen LogP contribution in [0.4, 0.5) is 0 Å². The van der Waals surface area contributed by atoms with E-state index in [-0.39, 0.29) is 0 Å². The molecule has 4 heteroatoms. The molecule has 0 saturated carbocycles. The summed E-state index contributed by atoms with van der Waals surface area (Å²) in [5.74, 6) is 0. The molecule has 0 aromatic heterocycles. The summed E-state index contributed by atoms with van der Waals surface area (Å²) in [7, 11) is 0. The van der Waals surface area contributed by atoms with Crippen LogP contribution in [0.15, 0.2) is 40.3 Å². The molecule has 1 unspecified atom stereocenters. The van der Waals surface area contributed by atoms with Gasteiger partial charge in [0.2, 0.25) is 12.2 Å². The Bertz CT molecular complexity index is 432. The largest absolute Gasteiger partial charge is 0.235 e. The molecule has 0 radical (unpaired) electrons. The van der Waals surface area contributed by atoms with Crippen molar-refractivity contribution in [3.63, 3.8) is 0 Å². The molecule has 0 amide bonds. The maximum atomic E-state index is 10.4. The third-order valence-electron chi connectivity index (χ3n) is 2.46. The Morgan fingerprint density at radius 2 is 1.88 bits per heavy atom. The Kier molecular flexibility index (Phi) is 4.34. The van der Waals surface area contributed by atoms with Gasteiger partial charge >= 0.3 is 0 Å². The molecule has 1 rings (SSSR count). The van der Waals surface area contributed by atoms with Crippen molar-refractivity contribution in [2.24, 2.45) is 9.98 Å². The van der Waals surface area contributed by atoms with Gasteiger partial charge in [0, 0.05) is 0 Å². The predicted octanol–water partition coefficient (Wildman–Crippen LogP) is 1.96. The minimum absolute atomic E-state index is 0.292. The summed E-state index contributed by atoms with van der Waals surface area (Å²) >= 11 is 0. The van der Waals surface area contributed by atoms with E-state index in [1.54, 1.807) is 6.08 Å². The second-order valence-corrected chi connectivity index (χ2v) is 3.57. The number of nitrogens with zero attached hydrogens (tertiary/aromatic N) is 2. The molecular formula is C12H12N2O2. The van der Waals surface area contributed by atoms with Crippen LogP contribution >= 0.6 is 0 Å². The van der Waals surface area contributed by atoms with Gasteiger partial charge in [0.15, 0.2) is 0 Å². The zero-order valence-corrected chi connectivity index (χ0v) is 9.01. The molecule has 0 aliphatic heterocycles. The van der Waals surface area contributed by atoms with Gasteiger partial charge in [-0.1, -0.05) is 30.3 Å². The van der Waals surface area contributed by atoms with Crippen LogP contribution in [0.1, 0.15) is 18.9 Å². The van der Waals surface area contributed by atoms with Crippen LogP contribution in [0.25, 0.3) is 0 Å². The summed E-state index contributed by atoms with van der Waals surface area (Å²) in [4.78, 5) is 27.7. The summed E-state index contributed by atoms with van der Waals surface area (Å²) in [5, 5.41) is 0. The molecule has 0 bridgehead atoms. The van der Waals surface area contributed by atoms with Gasteiger partial charge in [0.25, 0.3) is 0 Å². The van der Waals surface area contributed by atoms with Crippen LogP contribution in [0, 0.1) is 0 Å². The maximum Gasteiger partial charge on any atom is 0.235 e. The number of hydrogen-bond donors (Lipinski definition) is 0. The van der Waals surface area contributed by atoms with Gasteiger partial charge < -0.3 is 0 Å². The van der Waals surface area contributed by atoms with E-state index in [4.69, 9.17) is 0 Å². The highest BCUT2D eigenvalue weighted by atomic mass is 16.1. The normalized spacial score (nSPS) is 13.1. The van der Waals surface area contributed by atoms with Gasteiger partial charge in [0.1, 0.15) is 0 Å². The number of hydrogen-bond acceptors (Lipinski definition) is 4. The smallest absolute Gasteiger partial charge is 0.211 e. The monoisotopic (exact) mass is 216 g/mol. The van der Waals surface area contributed by atoms with E-state index in [2.05, 4.69) is 9.98 Å². The van der Waals surface area contributed by atoms with Gasteiger partial charge in [-0.2, -0.15) is 4.99 Å².